The molecule has 0 spiro atoms. The van der Waals surface area contributed by atoms with E-state index in [-0.39, 0.29) is 6.04 Å². The van der Waals surface area contributed by atoms with Gasteiger partial charge in [0.1, 0.15) is 11.5 Å². The molecule has 0 saturated carbocycles. The predicted molar refractivity (Wildman–Crippen MR) is 76.6 cm³/mol. The van der Waals surface area contributed by atoms with E-state index in [9.17, 15) is 5.11 Å². The van der Waals surface area contributed by atoms with Crippen LogP contribution in [-0.2, 0) is 0 Å². The number of nitrogens with one attached hydrogen (secondary N) is 1. The van der Waals surface area contributed by atoms with Crippen LogP contribution in [0, 0.1) is 0 Å². The van der Waals surface area contributed by atoms with Crippen LogP contribution in [0.1, 0.15) is 31.4 Å². The molecule has 4 heteroatoms. The minimum absolute atomic E-state index is 0.164. The average Bonchev–Trinajstić information content (AvgIpc) is 2.88. The number of rotatable bonds is 5. The highest BCUT2D eigenvalue weighted by Crippen LogP contribution is 2.29. The summed E-state index contributed by atoms with van der Waals surface area (Å²) < 4.78 is 5.09. The van der Waals surface area contributed by atoms with Gasteiger partial charge in [-0.1, -0.05) is 6.07 Å². The van der Waals surface area contributed by atoms with Gasteiger partial charge in [0.05, 0.1) is 7.11 Å². The molecule has 0 aliphatic carbocycles. The third-order valence-electron chi connectivity index (χ3n) is 3.38. The molecular formula is C14H21NO2S. The van der Waals surface area contributed by atoms with Crippen molar-refractivity contribution in [2.75, 3.05) is 19.4 Å². The molecule has 0 bridgehead atoms. The van der Waals surface area contributed by atoms with Gasteiger partial charge in [-0.25, -0.2) is 0 Å². The summed E-state index contributed by atoms with van der Waals surface area (Å²) in [5, 5.41) is 14.2. The van der Waals surface area contributed by atoms with E-state index in [1.54, 1.807) is 13.2 Å². The van der Waals surface area contributed by atoms with Crippen LogP contribution in [0.15, 0.2) is 18.2 Å². The first kappa shape index (κ1) is 13.6. The molecule has 18 heavy (non-hydrogen) atoms. The van der Waals surface area contributed by atoms with Crippen LogP contribution in [-0.4, -0.2) is 29.8 Å². The van der Waals surface area contributed by atoms with Gasteiger partial charge in [0.2, 0.25) is 0 Å². The number of ether oxygens (including phenoxy) is 1. The minimum atomic E-state index is 0.164. The molecule has 2 rings (SSSR count). The van der Waals surface area contributed by atoms with Gasteiger partial charge in [-0.05, 0) is 31.6 Å². The normalized spacial score (nSPS) is 20.9. The van der Waals surface area contributed by atoms with Gasteiger partial charge in [0.25, 0.3) is 0 Å². The highest BCUT2D eigenvalue weighted by atomic mass is 32.2. The topological polar surface area (TPSA) is 41.5 Å². The average molecular weight is 267 g/mol. The molecule has 1 fully saturated rings. The molecule has 1 heterocycles. The molecular weight excluding hydrogens is 246 g/mol. The van der Waals surface area contributed by atoms with Crippen molar-refractivity contribution in [1.82, 2.24) is 5.32 Å². The summed E-state index contributed by atoms with van der Waals surface area (Å²) in [4.78, 5) is 0. The number of phenolic OH excluding ortho intramolecular Hbond substituents is 1. The Morgan fingerprint density at radius 1 is 1.56 bits per heavy atom. The van der Waals surface area contributed by atoms with Crippen molar-refractivity contribution in [3.8, 4) is 11.5 Å². The number of aromatic hydroxyl groups is 1. The van der Waals surface area contributed by atoms with Crippen molar-refractivity contribution < 1.29 is 9.84 Å². The molecule has 100 valence electrons. The van der Waals surface area contributed by atoms with Crippen LogP contribution in [0.3, 0.4) is 0 Å². The maximum absolute atomic E-state index is 9.96. The van der Waals surface area contributed by atoms with E-state index in [2.05, 4.69) is 12.2 Å². The van der Waals surface area contributed by atoms with E-state index in [4.69, 9.17) is 4.74 Å². The van der Waals surface area contributed by atoms with Crippen LogP contribution in [0.2, 0.25) is 0 Å². The molecule has 2 atom stereocenters. The predicted octanol–water partition coefficient (Wildman–Crippen LogP) is 2.95. The second-order valence-corrected chi connectivity index (χ2v) is 6.10. The Kier molecular flexibility index (Phi) is 4.78. The van der Waals surface area contributed by atoms with Crippen molar-refractivity contribution in [1.29, 1.82) is 0 Å². The van der Waals surface area contributed by atoms with Crippen molar-refractivity contribution in [3.63, 3.8) is 0 Å². The second kappa shape index (κ2) is 6.34. The zero-order chi connectivity index (χ0) is 13.0. The monoisotopic (exact) mass is 267 g/mol. The number of phenols is 1. The van der Waals surface area contributed by atoms with Gasteiger partial charge in [0, 0.05) is 29.5 Å². The summed E-state index contributed by atoms with van der Waals surface area (Å²) >= 11 is 2.04. The lowest BCUT2D eigenvalue weighted by atomic mass is 10.1. The molecule has 1 aromatic rings. The first-order valence-electron chi connectivity index (χ1n) is 6.42. The zero-order valence-corrected chi connectivity index (χ0v) is 11.8. The summed E-state index contributed by atoms with van der Waals surface area (Å²) in [6.07, 6.45) is 2.64. The summed E-state index contributed by atoms with van der Waals surface area (Å²) in [5.74, 6) is 2.28. The van der Waals surface area contributed by atoms with E-state index in [0.29, 0.717) is 11.5 Å². The lowest BCUT2D eigenvalue weighted by Crippen LogP contribution is -2.26. The van der Waals surface area contributed by atoms with E-state index >= 15 is 0 Å². The fraction of sp³-hybridized carbons (Fsp3) is 0.571. The summed E-state index contributed by atoms with van der Waals surface area (Å²) in [6, 6.07) is 5.64. The number of thioether (sulfide) groups is 1. The Morgan fingerprint density at radius 3 is 3.00 bits per heavy atom. The molecule has 1 saturated heterocycles. The van der Waals surface area contributed by atoms with Gasteiger partial charge < -0.3 is 15.2 Å². The third-order valence-corrected chi connectivity index (χ3v) is 4.78. The molecule has 1 aromatic carbocycles. The largest absolute Gasteiger partial charge is 0.507 e. The number of methoxy groups -OCH3 is 1. The lowest BCUT2D eigenvalue weighted by Gasteiger charge is -2.18. The van der Waals surface area contributed by atoms with Crippen molar-refractivity contribution in [2.24, 2.45) is 0 Å². The summed E-state index contributed by atoms with van der Waals surface area (Å²) in [5.41, 5.74) is 0.929. The fourth-order valence-electron chi connectivity index (χ4n) is 2.24. The maximum atomic E-state index is 9.96. The molecule has 1 aliphatic rings. The van der Waals surface area contributed by atoms with Gasteiger partial charge in [-0.2, -0.15) is 11.8 Å². The van der Waals surface area contributed by atoms with Gasteiger partial charge in [-0.15, -0.1) is 0 Å². The first-order valence-corrected chi connectivity index (χ1v) is 7.47. The Bertz CT molecular complexity index is 391. The highest BCUT2D eigenvalue weighted by Gasteiger charge is 2.17. The van der Waals surface area contributed by atoms with E-state index < -0.39 is 0 Å². The Morgan fingerprint density at radius 2 is 2.39 bits per heavy atom. The van der Waals surface area contributed by atoms with Gasteiger partial charge >= 0.3 is 0 Å². The number of hydrogen-bond acceptors (Lipinski definition) is 4. The maximum Gasteiger partial charge on any atom is 0.124 e. The SMILES string of the molecule is COc1ccc(C(C)NCC2CCCS2)c(O)c1. The van der Waals surface area contributed by atoms with Crippen molar-refractivity contribution in [2.45, 2.75) is 31.1 Å². The molecule has 3 nitrogen and oxygen atoms in total. The van der Waals surface area contributed by atoms with Gasteiger partial charge in [0.15, 0.2) is 0 Å². The number of benzene rings is 1. The first-order chi connectivity index (χ1) is 8.70. The fourth-order valence-corrected chi connectivity index (χ4v) is 3.45. The van der Waals surface area contributed by atoms with E-state index in [1.165, 1.54) is 18.6 Å². The molecule has 0 radical (unpaired) electrons. The van der Waals surface area contributed by atoms with Crippen molar-refractivity contribution in [3.05, 3.63) is 23.8 Å². The van der Waals surface area contributed by atoms with Crippen molar-refractivity contribution >= 4 is 11.8 Å². The minimum Gasteiger partial charge on any atom is -0.507 e. The zero-order valence-electron chi connectivity index (χ0n) is 11.0. The Balaban J connectivity index is 1.93. The van der Waals surface area contributed by atoms with Crippen LogP contribution in [0.4, 0.5) is 0 Å². The summed E-state index contributed by atoms with van der Waals surface area (Å²) in [6.45, 7) is 3.10. The molecule has 2 unspecified atom stereocenters. The molecule has 1 aliphatic heterocycles. The second-order valence-electron chi connectivity index (χ2n) is 4.69. The Labute approximate surface area is 113 Å². The molecule has 0 aromatic heterocycles. The standard InChI is InChI=1S/C14H21NO2S/c1-10(15-9-12-4-3-7-18-12)13-6-5-11(17-2)8-14(13)16/h5-6,8,10,12,15-16H,3-4,7,9H2,1-2H3. The quantitative estimate of drug-likeness (QED) is 0.860. The van der Waals surface area contributed by atoms with Crippen LogP contribution in [0.5, 0.6) is 11.5 Å². The van der Waals surface area contributed by atoms with Crippen LogP contribution >= 0.6 is 11.8 Å². The third kappa shape index (κ3) is 3.33. The molecule has 2 N–H and O–H groups in total. The lowest BCUT2D eigenvalue weighted by molar-refractivity contribution is 0.404. The molecule has 0 amide bonds. The van der Waals surface area contributed by atoms with Crippen LogP contribution < -0.4 is 10.1 Å². The smallest absolute Gasteiger partial charge is 0.124 e. The Hall–Kier alpha value is -0.870. The van der Waals surface area contributed by atoms with Crippen LogP contribution in [0.25, 0.3) is 0 Å². The summed E-state index contributed by atoms with van der Waals surface area (Å²) in [7, 11) is 1.60. The van der Waals surface area contributed by atoms with E-state index in [0.717, 1.165) is 17.4 Å². The van der Waals surface area contributed by atoms with E-state index in [1.807, 2.05) is 23.9 Å². The number of hydrogen-bond donors (Lipinski definition) is 2. The van der Waals surface area contributed by atoms with Gasteiger partial charge in [-0.3, -0.25) is 0 Å². The highest BCUT2D eigenvalue weighted by molar-refractivity contribution is 8.00.